The second-order valence-electron chi connectivity index (χ2n) is 10.4. The smallest absolute Gasteiger partial charge is 0.405 e. The van der Waals surface area contributed by atoms with Crippen LogP contribution < -0.4 is 5.73 Å². The van der Waals surface area contributed by atoms with Crippen molar-refractivity contribution in [2.75, 3.05) is 0 Å². The largest absolute Gasteiger partial charge is 0.460 e. The van der Waals surface area contributed by atoms with Crippen LogP contribution in [-0.2, 0) is 14.1 Å². The summed E-state index contributed by atoms with van der Waals surface area (Å²) in [7, 11) is -0.200. The monoisotopic (exact) mass is 377 g/mol. The molecule has 3 unspecified atom stereocenters. The summed E-state index contributed by atoms with van der Waals surface area (Å²) in [5, 5.41) is 0. The first kappa shape index (κ1) is 21.3. The minimum absolute atomic E-state index is 0.169. The topological polar surface area (TPSA) is 61.6 Å². The zero-order chi connectivity index (χ0) is 20.0. The molecule has 0 aromatic rings. The fourth-order valence-corrected chi connectivity index (χ4v) is 5.82. The van der Waals surface area contributed by atoms with Crippen molar-refractivity contribution in [2.24, 2.45) is 28.9 Å². The van der Waals surface area contributed by atoms with Gasteiger partial charge in [0.1, 0.15) is 5.78 Å². The number of ketones is 1. The highest BCUT2D eigenvalue weighted by Crippen LogP contribution is 2.66. The normalized spacial score (nSPS) is 37.3. The molecule has 0 amide bonds. The molecule has 154 valence electrons. The second-order valence-corrected chi connectivity index (χ2v) is 10.4. The van der Waals surface area contributed by atoms with E-state index in [1.54, 1.807) is 0 Å². The molecule has 0 radical (unpaired) electrons. The molecule has 4 nitrogen and oxygen atoms in total. The Hall–Kier alpha value is -0.385. The van der Waals surface area contributed by atoms with Gasteiger partial charge < -0.3 is 15.0 Å². The fraction of sp³-hybridized carbons (Fsp3) is 0.955. The van der Waals surface area contributed by atoms with Crippen molar-refractivity contribution in [1.29, 1.82) is 0 Å². The van der Waals surface area contributed by atoms with Crippen molar-refractivity contribution in [3.8, 4) is 0 Å². The first-order valence-corrected chi connectivity index (χ1v) is 11.2. The van der Waals surface area contributed by atoms with Crippen molar-refractivity contribution in [2.45, 2.75) is 110 Å². The summed E-state index contributed by atoms with van der Waals surface area (Å²) in [5.74, 6) is 1.94. The summed E-state index contributed by atoms with van der Waals surface area (Å²) < 4.78 is 13.0. The van der Waals surface area contributed by atoms with Crippen molar-refractivity contribution >= 4 is 12.9 Å². The molecule has 3 aliphatic carbocycles. The van der Waals surface area contributed by atoms with Crippen LogP contribution in [0.3, 0.4) is 0 Å². The van der Waals surface area contributed by atoms with Gasteiger partial charge in [0.25, 0.3) is 0 Å². The Labute approximate surface area is 166 Å². The van der Waals surface area contributed by atoms with Crippen LogP contribution >= 0.6 is 0 Å². The number of hydrogen-bond acceptors (Lipinski definition) is 4. The Morgan fingerprint density at radius 3 is 2.56 bits per heavy atom. The number of nitrogens with two attached hydrogens (primary N) is 1. The third kappa shape index (κ3) is 3.76. The molecule has 1 aliphatic heterocycles. The van der Waals surface area contributed by atoms with Crippen LogP contribution in [0, 0.1) is 23.2 Å². The van der Waals surface area contributed by atoms with Gasteiger partial charge in [-0.15, -0.1) is 0 Å². The highest BCUT2D eigenvalue weighted by Gasteiger charge is 2.68. The molecule has 2 bridgehead atoms. The van der Waals surface area contributed by atoms with Crippen LogP contribution in [-0.4, -0.2) is 30.6 Å². The van der Waals surface area contributed by atoms with E-state index in [1.165, 1.54) is 6.42 Å². The highest BCUT2D eigenvalue weighted by molar-refractivity contribution is 6.47. The molecule has 0 aromatic carbocycles. The van der Waals surface area contributed by atoms with Gasteiger partial charge in [-0.3, -0.25) is 4.79 Å². The zero-order valence-corrected chi connectivity index (χ0v) is 18.3. The maximum atomic E-state index is 12.5. The molecular weight excluding hydrogens is 337 g/mol. The van der Waals surface area contributed by atoms with Gasteiger partial charge in [-0.2, -0.15) is 0 Å². The molecule has 0 aromatic heterocycles. The average Bonchev–Trinajstić information content (AvgIpc) is 2.97. The summed E-state index contributed by atoms with van der Waals surface area (Å²) in [4.78, 5) is 12.5. The van der Waals surface area contributed by atoms with Gasteiger partial charge in [-0.25, -0.2) is 0 Å². The average molecular weight is 377 g/mol. The highest BCUT2D eigenvalue weighted by atomic mass is 16.7. The van der Waals surface area contributed by atoms with Crippen LogP contribution in [0.15, 0.2) is 0 Å². The van der Waals surface area contributed by atoms with E-state index >= 15 is 0 Å². The first-order valence-electron chi connectivity index (χ1n) is 11.2. The van der Waals surface area contributed by atoms with Crippen molar-refractivity contribution < 1.29 is 14.1 Å². The van der Waals surface area contributed by atoms with E-state index in [-0.39, 0.29) is 42.4 Å². The Bertz CT molecular complexity index is 554. The van der Waals surface area contributed by atoms with Gasteiger partial charge in [0, 0.05) is 6.42 Å². The van der Waals surface area contributed by atoms with Gasteiger partial charge in [0.15, 0.2) is 0 Å². The van der Waals surface area contributed by atoms with Crippen molar-refractivity contribution in [3.63, 3.8) is 0 Å². The van der Waals surface area contributed by atoms with E-state index in [9.17, 15) is 4.79 Å². The van der Waals surface area contributed by atoms with E-state index in [1.807, 2.05) is 0 Å². The number of hydrogen-bond donors (Lipinski definition) is 1. The third-order valence-electron chi connectivity index (χ3n) is 8.35. The number of carbonyl (C=O) groups excluding carboxylic acids is 1. The predicted molar refractivity (Wildman–Crippen MR) is 110 cm³/mol. The summed E-state index contributed by atoms with van der Waals surface area (Å²) in [6.45, 7) is 13.5. The maximum absolute atomic E-state index is 12.5. The minimum atomic E-state index is -0.315. The quantitative estimate of drug-likeness (QED) is 0.471. The molecule has 0 spiro atoms. The molecule has 4 aliphatic rings. The minimum Gasteiger partial charge on any atom is -0.405 e. The molecule has 4 rings (SSSR count). The molecule has 1 saturated heterocycles. The summed E-state index contributed by atoms with van der Waals surface area (Å²) in [5.41, 5.74) is 6.31. The van der Waals surface area contributed by atoms with Gasteiger partial charge in [-0.05, 0) is 55.2 Å². The summed E-state index contributed by atoms with van der Waals surface area (Å²) in [6.07, 6.45) is 7.27. The second kappa shape index (κ2) is 7.80. The zero-order valence-electron chi connectivity index (χ0n) is 18.3. The van der Waals surface area contributed by atoms with E-state index in [4.69, 9.17) is 15.0 Å². The number of unbranched alkanes of at least 4 members (excludes halogenated alkanes) is 2. The van der Waals surface area contributed by atoms with E-state index in [2.05, 4.69) is 41.5 Å². The predicted octanol–water partition coefficient (Wildman–Crippen LogP) is 4.61. The van der Waals surface area contributed by atoms with Crippen LogP contribution in [0.4, 0.5) is 0 Å². The number of rotatable bonds is 9. The Morgan fingerprint density at radius 1 is 1.22 bits per heavy atom. The Kier molecular flexibility index (Phi) is 6.16. The van der Waals surface area contributed by atoms with E-state index < -0.39 is 0 Å². The molecule has 3 saturated carbocycles. The molecule has 2 N–H and O–H groups in total. The lowest BCUT2D eigenvalue weighted by Crippen LogP contribution is -2.65. The SMILES string of the molecule is CCCCC[C@H](N)C(=O)C[C@H](C)[C@@H](C)B1OC2CC3CC(C3(C)C)[C@@]2(C)O1. The fourth-order valence-electron chi connectivity index (χ4n) is 5.82. The molecule has 1 heterocycles. The van der Waals surface area contributed by atoms with Crippen LogP contribution in [0.25, 0.3) is 0 Å². The lowest BCUT2D eigenvalue weighted by molar-refractivity contribution is -0.199. The molecule has 5 heteroatoms. The number of carbonyl (C=O) groups is 1. The molecule has 7 atom stereocenters. The van der Waals surface area contributed by atoms with E-state index in [0.29, 0.717) is 17.8 Å². The molecule has 4 fully saturated rings. The molecular formula is C22H40BNO3. The first-order chi connectivity index (χ1) is 12.6. The lowest BCUT2D eigenvalue weighted by Gasteiger charge is -2.64. The summed E-state index contributed by atoms with van der Waals surface area (Å²) in [6, 6.07) is -0.315. The van der Waals surface area contributed by atoms with Crippen molar-refractivity contribution in [1.82, 2.24) is 0 Å². The van der Waals surface area contributed by atoms with Gasteiger partial charge in [0.05, 0.1) is 17.7 Å². The Morgan fingerprint density at radius 2 is 1.93 bits per heavy atom. The summed E-state index contributed by atoms with van der Waals surface area (Å²) >= 11 is 0. The molecule has 27 heavy (non-hydrogen) atoms. The van der Waals surface area contributed by atoms with Gasteiger partial charge in [0.2, 0.25) is 0 Å². The lowest BCUT2D eigenvalue weighted by atomic mass is 9.43. The van der Waals surface area contributed by atoms with Gasteiger partial charge in [-0.1, -0.05) is 53.9 Å². The van der Waals surface area contributed by atoms with Crippen LogP contribution in [0.5, 0.6) is 0 Å². The van der Waals surface area contributed by atoms with Crippen LogP contribution in [0.2, 0.25) is 5.82 Å². The van der Waals surface area contributed by atoms with Gasteiger partial charge >= 0.3 is 7.12 Å². The number of Topliss-reactive ketones (excluding diaryl/α,β-unsaturated/α-hetero) is 1. The van der Waals surface area contributed by atoms with Crippen molar-refractivity contribution in [3.05, 3.63) is 0 Å². The van der Waals surface area contributed by atoms with Crippen LogP contribution in [0.1, 0.15) is 86.5 Å². The maximum Gasteiger partial charge on any atom is 0.460 e. The third-order valence-corrected chi connectivity index (χ3v) is 8.35. The van der Waals surface area contributed by atoms with E-state index in [0.717, 1.165) is 38.0 Å². The standard InChI is InChI=1S/C22H40BNO3/c1-7-8-9-10-17(24)18(25)11-14(2)15(3)23-26-20-13-16-12-19(21(16,4)5)22(20,6)27-23/h14-17,19-20H,7-13,24H2,1-6H3/t14-,15+,16?,17-,19?,20?,22+/m0/s1. The Balaban J connectivity index is 1.54.